The molecular formula is C13H16N2. The van der Waals surface area contributed by atoms with E-state index in [1.807, 2.05) is 29.8 Å². The molecule has 2 nitrogen and oxygen atoms in total. The summed E-state index contributed by atoms with van der Waals surface area (Å²) in [5, 5.41) is 4.59. The Balaban J connectivity index is 2.80. The number of hydrogen-bond donors (Lipinski definition) is 0. The molecule has 0 N–H and O–H groups in total. The predicted molar refractivity (Wildman–Crippen MR) is 64.0 cm³/mol. The molecule has 15 heavy (non-hydrogen) atoms. The highest BCUT2D eigenvalue weighted by atomic mass is 15.2. The Labute approximate surface area is 90.2 Å². The molecule has 0 atom stereocenters. The van der Waals surface area contributed by atoms with Crippen molar-refractivity contribution in [2.45, 2.75) is 26.7 Å². The molecule has 0 bridgehead atoms. The molecule has 2 aromatic rings. The van der Waals surface area contributed by atoms with Crippen molar-refractivity contribution in [2.75, 3.05) is 0 Å². The maximum Gasteiger partial charge on any atom is 0.0739 e. The monoisotopic (exact) mass is 200 g/mol. The van der Waals surface area contributed by atoms with Gasteiger partial charge in [-0.3, -0.25) is 0 Å². The Morgan fingerprint density at radius 2 is 2.13 bits per heavy atom. The second-order valence-electron chi connectivity index (χ2n) is 4.23. The largest absolute Gasteiger partial charge is 0.240 e. The summed E-state index contributed by atoms with van der Waals surface area (Å²) < 4.78 is 1.93. The molecule has 0 fully saturated rings. The Hall–Kier alpha value is -1.57. The maximum atomic E-state index is 4.59. The summed E-state index contributed by atoms with van der Waals surface area (Å²) in [5.41, 5.74) is 4.56. The molecular weight excluding hydrogens is 184 g/mol. The fourth-order valence-corrected chi connectivity index (χ4v) is 1.86. The molecule has 0 saturated heterocycles. The van der Waals surface area contributed by atoms with E-state index in [2.05, 4.69) is 31.6 Å². The van der Waals surface area contributed by atoms with E-state index in [1.54, 1.807) is 0 Å². The zero-order valence-electron chi connectivity index (χ0n) is 9.49. The van der Waals surface area contributed by atoms with E-state index < -0.39 is 0 Å². The molecule has 78 valence electrons. The van der Waals surface area contributed by atoms with Gasteiger partial charge in [-0.15, -0.1) is 0 Å². The van der Waals surface area contributed by atoms with Crippen LogP contribution in [-0.2, 0) is 0 Å². The van der Waals surface area contributed by atoms with Gasteiger partial charge in [-0.25, -0.2) is 4.52 Å². The zero-order chi connectivity index (χ0) is 11.0. The third-order valence-electron chi connectivity index (χ3n) is 2.54. The van der Waals surface area contributed by atoms with Gasteiger partial charge in [0.15, 0.2) is 0 Å². The van der Waals surface area contributed by atoms with E-state index in [-0.39, 0.29) is 0 Å². The second-order valence-corrected chi connectivity index (χ2v) is 4.23. The Kier molecular flexibility index (Phi) is 2.35. The number of aromatic nitrogens is 2. The van der Waals surface area contributed by atoms with Gasteiger partial charge in [0.1, 0.15) is 0 Å². The van der Waals surface area contributed by atoms with Crippen LogP contribution in [0.4, 0.5) is 0 Å². The van der Waals surface area contributed by atoms with Gasteiger partial charge in [0.2, 0.25) is 0 Å². The molecule has 0 aliphatic rings. The van der Waals surface area contributed by atoms with E-state index in [1.165, 1.54) is 5.56 Å². The van der Waals surface area contributed by atoms with Crippen LogP contribution < -0.4 is 0 Å². The van der Waals surface area contributed by atoms with Crippen molar-refractivity contribution in [3.63, 3.8) is 0 Å². The first kappa shape index (κ1) is 9.97. The Morgan fingerprint density at radius 3 is 2.73 bits per heavy atom. The fraction of sp³-hybridized carbons (Fsp3) is 0.308. The molecule has 0 unspecified atom stereocenters. The second kappa shape index (κ2) is 3.54. The van der Waals surface area contributed by atoms with Crippen molar-refractivity contribution < 1.29 is 0 Å². The molecule has 0 aromatic carbocycles. The molecule has 2 aromatic heterocycles. The predicted octanol–water partition coefficient (Wildman–Crippen LogP) is 3.49. The average molecular weight is 200 g/mol. The van der Waals surface area contributed by atoms with Crippen LogP contribution in [0.5, 0.6) is 0 Å². The summed E-state index contributed by atoms with van der Waals surface area (Å²) in [6, 6.07) is 6.11. The number of nitrogens with zero attached hydrogens (tertiary/aromatic N) is 2. The Bertz CT molecular complexity index is 506. The number of hydrogen-bond acceptors (Lipinski definition) is 1. The topological polar surface area (TPSA) is 17.3 Å². The highest BCUT2D eigenvalue weighted by Crippen LogP contribution is 2.27. The van der Waals surface area contributed by atoms with E-state index >= 15 is 0 Å². The van der Waals surface area contributed by atoms with Gasteiger partial charge in [-0.1, -0.05) is 26.5 Å². The SMILES string of the molecule is C=C(C)c1c(C(C)C)nn2ccccc12. The van der Waals surface area contributed by atoms with Gasteiger partial charge in [0.25, 0.3) is 0 Å². The smallest absolute Gasteiger partial charge is 0.0739 e. The van der Waals surface area contributed by atoms with Crippen LogP contribution in [0.2, 0.25) is 0 Å². The van der Waals surface area contributed by atoms with Crippen molar-refractivity contribution in [3.8, 4) is 0 Å². The summed E-state index contributed by atoms with van der Waals surface area (Å²) >= 11 is 0. The van der Waals surface area contributed by atoms with Crippen molar-refractivity contribution in [3.05, 3.63) is 42.2 Å². The summed E-state index contributed by atoms with van der Waals surface area (Å²) in [6.07, 6.45) is 1.98. The zero-order valence-corrected chi connectivity index (χ0v) is 9.49. The minimum atomic E-state index is 0.427. The molecule has 0 saturated carbocycles. The quantitative estimate of drug-likeness (QED) is 0.725. The molecule has 2 heterocycles. The number of fused-ring (bicyclic) bond motifs is 1. The van der Waals surface area contributed by atoms with Gasteiger partial charge >= 0.3 is 0 Å². The highest BCUT2D eigenvalue weighted by molar-refractivity contribution is 5.78. The molecule has 0 amide bonds. The minimum absolute atomic E-state index is 0.427. The van der Waals surface area contributed by atoms with E-state index in [0.717, 1.165) is 16.8 Å². The first-order valence-corrected chi connectivity index (χ1v) is 5.24. The van der Waals surface area contributed by atoms with Crippen LogP contribution in [-0.4, -0.2) is 9.61 Å². The highest BCUT2D eigenvalue weighted by Gasteiger charge is 2.14. The lowest BCUT2D eigenvalue weighted by Gasteiger charge is -2.04. The first-order valence-electron chi connectivity index (χ1n) is 5.24. The third kappa shape index (κ3) is 1.56. The summed E-state index contributed by atoms with van der Waals surface area (Å²) in [5.74, 6) is 0.427. The molecule has 2 rings (SSSR count). The van der Waals surface area contributed by atoms with Crippen LogP contribution >= 0.6 is 0 Å². The summed E-state index contributed by atoms with van der Waals surface area (Å²) in [7, 11) is 0. The first-order chi connectivity index (χ1) is 7.11. The lowest BCUT2D eigenvalue weighted by Crippen LogP contribution is -1.92. The molecule has 0 radical (unpaired) electrons. The molecule has 0 aliphatic heterocycles. The minimum Gasteiger partial charge on any atom is -0.240 e. The van der Waals surface area contributed by atoms with E-state index in [0.29, 0.717) is 5.92 Å². The van der Waals surface area contributed by atoms with Gasteiger partial charge in [-0.2, -0.15) is 5.10 Å². The van der Waals surface area contributed by atoms with Crippen molar-refractivity contribution in [1.82, 2.24) is 9.61 Å². The van der Waals surface area contributed by atoms with Crippen LogP contribution in [0.15, 0.2) is 31.0 Å². The van der Waals surface area contributed by atoms with Gasteiger partial charge in [-0.05, 0) is 30.5 Å². The fourth-order valence-electron chi connectivity index (χ4n) is 1.86. The standard InChI is InChI=1S/C13H16N2/c1-9(2)12-11-7-5-6-8-15(11)14-13(12)10(3)4/h5-8,10H,1H2,2-4H3. The van der Waals surface area contributed by atoms with Gasteiger partial charge in [0, 0.05) is 11.8 Å². The van der Waals surface area contributed by atoms with Crippen LogP contribution in [0.1, 0.15) is 37.9 Å². The van der Waals surface area contributed by atoms with Crippen molar-refractivity contribution in [1.29, 1.82) is 0 Å². The number of pyridine rings is 1. The molecule has 0 aliphatic carbocycles. The number of rotatable bonds is 2. The summed E-state index contributed by atoms with van der Waals surface area (Å²) in [4.78, 5) is 0. The van der Waals surface area contributed by atoms with E-state index in [9.17, 15) is 0 Å². The molecule has 0 spiro atoms. The van der Waals surface area contributed by atoms with E-state index in [4.69, 9.17) is 0 Å². The van der Waals surface area contributed by atoms with Crippen LogP contribution in [0, 0.1) is 0 Å². The summed E-state index contributed by atoms with van der Waals surface area (Å²) in [6.45, 7) is 10.4. The van der Waals surface area contributed by atoms with Gasteiger partial charge in [0.05, 0.1) is 11.2 Å². The maximum absolute atomic E-state index is 4.59. The lowest BCUT2D eigenvalue weighted by atomic mass is 10.0. The molecule has 2 heteroatoms. The lowest BCUT2D eigenvalue weighted by molar-refractivity contribution is 0.786. The number of allylic oxidation sites excluding steroid dienone is 1. The Morgan fingerprint density at radius 1 is 1.40 bits per heavy atom. The van der Waals surface area contributed by atoms with Crippen LogP contribution in [0.3, 0.4) is 0 Å². The van der Waals surface area contributed by atoms with Crippen molar-refractivity contribution in [2.24, 2.45) is 0 Å². The van der Waals surface area contributed by atoms with Crippen LogP contribution in [0.25, 0.3) is 11.1 Å². The third-order valence-corrected chi connectivity index (χ3v) is 2.54. The van der Waals surface area contributed by atoms with Crippen molar-refractivity contribution >= 4 is 11.1 Å². The van der Waals surface area contributed by atoms with Gasteiger partial charge < -0.3 is 0 Å². The average Bonchev–Trinajstić information content (AvgIpc) is 2.56. The normalized spacial score (nSPS) is 11.2.